The maximum Gasteiger partial charge on any atom is 0.451 e. The molecule has 1 aromatic heterocycles. The topological polar surface area (TPSA) is 82.7 Å². The Morgan fingerprint density at radius 3 is 2.56 bits per heavy atom. The monoisotopic (exact) mass is 287 g/mol. The molecule has 0 saturated heterocycles. The van der Waals surface area contributed by atoms with Crippen LogP contribution in [0.15, 0.2) is 0 Å². The van der Waals surface area contributed by atoms with E-state index in [0.29, 0.717) is 6.54 Å². The molecule has 1 atom stereocenters. The highest BCUT2D eigenvalue weighted by Gasteiger charge is 2.35. The highest BCUT2D eigenvalue weighted by Crippen LogP contribution is 2.26. The average Bonchev–Trinajstić information content (AvgIpc) is 2.66. The summed E-state index contributed by atoms with van der Waals surface area (Å²) < 4.78 is 36.5. The summed E-state index contributed by atoms with van der Waals surface area (Å²) in [4.78, 5) is 14.6. The predicted molar refractivity (Wildman–Crippen MR) is 60.4 cm³/mol. The van der Waals surface area contributed by atoms with Crippen LogP contribution in [0, 0.1) is 5.92 Å². The molecule has 0 radical (unpaired) electrons. The van der Waals surface area contributed by atoms with Crippen LogP contribution in [0.2, 0.25) is 0 Å². The molecule has 6 nitrogen and oxygen atoms in total. The van der Waals surface area contributed by atoms with Gasteiger partial charge in [-0.2, -0.15) is 18.2 Å². The van der Waals surface area contributed by atoms with Gasteiger partial charge in [0.2, 0.25) is 17.7 Å². The molecule has 1 amide bonds. The van der Waals surface area contributed by atoms with E-state index in [1.54, 1.807) is 19.1 Å². The summed E-state index contributed by atoms with van der Waals surface area (Å²) in [6.45, 7) is 2.03. The number of alkyl halides is 3. The van der Waals surface area contributed by atoms with Gasteiger partial charge in [-0.3, -0.25) is 15.2 Å². The number of anilines is 1. The second kappa shape index (κ2) is 6.55. The second-order valence-electron chi connectivity index (χ2n) is 3.45. The van der Waals surface area contributed by atoms with Gasteiger partial charge < -0.3 is 5.32 Å². The molecule has 0 aliphatic carbocycles. The molecular weight excluding hydrogens is 275 g/mol. The third-order valence-electron chi connectivity index (χ3n) is 1.95. The molecule has 0 aliphatic heterocycles. The lowest BCUT2D eigenvalue weighted by atomic mass is 10.2. The Morgan fingerprint density at radius 2 is 2.11 bits per heavy atom. The Kier molecular flexibility index (Phi) is 6.06. The Labute approximate surface area is 107 Å². The van der Waals surface area contributed by atoms with Crippen LogP contribution in [0.3, 0.4) is 0 Å². The first-order valence-corrected chi connectivity index (χ1v) is 4.79. The van der Waals surface area contributed by atoms with Crippen LogP contribution in [-0.2, 0) is 11.0 Å². The molecule has 1 unspecified atom stereocenters. The van der Waals surface area contributed by atoms with Crippen molar-refractivity contribution < 1.29 is 18.0 Å². The minimum absolute atomic E-state index is 0. The summed E-state index contributed by atoms with van der Waals surface area (Å²) >= 11 is 0. The van der Waals surface area contributed by atoms with Crippen molar-refractivity contribution in [3.8, 4) is 0 Å². The van der Waals surface area contributed by atoms with Crippen molar-refractivity contribution in [2.24, 2.45) is 5.92 Å². The number of aromatic nitrogens is 3. The summed E-state index contributed by atoms with van der Waals surface area (Å²) in [7, 11) is 1.67. The fourth-order valence-corrected chi connectivity index (χ4v) is 1.08. The molecule has 3 N–H and O–H groups in total. The normalized spacial score (nSPS) is 12.7. The van der Waals surface area contributed by atoms with Gasteiger partial charge in [0, 0.05) is 12.5 Å². The van der Waals surface area contributed by atoms with E-state index in [1.165, 1.54) is 0 Å². The minimum atomic E-state index is -4.60. The quantitative estimate of drug-likeness (QED) is 0.773. The van der Waals surface area contributed by atoms with Crippen LogP contribution < -0.4 is 10.6 Å². The van der Waals surface area contributed by atoms with E-state index in [0.717, 1.165) is 0 Å². The van der Waals surface area contributed by atoms with Gasteiger partial charge in [-0.1, -0.05) is 6.92 Å². The van der Waals surface area contributed by atoms with E-state index in [-0.39, 0.29) is 18.4 Å². The molecular formula is C8H13ClF3N5O. The van der Waals surface area contributed by atoms with Crippen molar-refractivity contribution >= 4 is 24.3 Å². The first-order chi connectivity index (χ1) is 7.84. The van der Waals surface area contributed by atoms with E-state index >= 15 is 0 Å². The van der Waals surface area contributed by atoms with Crippen LogP contribution in [0.5, 0.6) is 0 Å². The lowest BCUT2D eigenvalue weighted by Crippen LogP contribution is -2.29. The molecule has 0 spiro atoms. The van der Waals surface area contributed by atoms with Crippen LogP contribution in [0.25, 0.3) is 0 Å². The lowest BCUT2D eigenvalue weighted by Gasteiger charge is -2.08. The Hall–Kier alpha value is -1.35. The maximum absolute atomic E-state index is 12.2. The van der Waals surface area contributed by atoms with E-state index in [1.807, 2.05) is 0 Å². The number of carbonyl (C=O) groups is 1. The molecule has 104 valence electrons. The molecule has 1 rings (SSSR count). The molecule has 10 heteroatoms. The summed E-state index contributed by atoms with van der Waals surface area (Å²) in [5.74, 6) is -2.47. The van der Waals surface area contributed by atoms with Gasteiger partial charge in [0.15, 0.2) is 0 Å². The van der Waals surface area contributed by atoms with Crippen molar-refractivity contribution in [2.75, 3.05) is 18.9 Å². The zero-order valence-corrected chi connectivity index (χ0v) is 10.4. The van der Waals surface area contributed by atoms with E-state index in [4.69, 9.17) is 0 Å². The van der Waals surface area contributed by atoms with Crippen molar-refractivity contribution in [1.29, 1.82) is 0 Å². The number of nitrogens with one attached hydrogen (secondary N) is 3. The lowest BCUT2D eigenvalue weighted by molar-refractivity contribution is -0.144. The molecule has 0 fully saturated rings. The van der Waals surface area contributed by atoms with E-state index in [9.17, 15) is 18.0 Å². The molecule has 0 bridgehead atoms. The van der Waals surface area contributed by atoms with Gasteiger partial charge in [-0.15, -0.1) is 17.5 Å². The number of hydrogen-bond acceptors (Lipinski definition) is 4. The van der Waals surface area contributed by atoms with E-state index < -0.39 is 23.8 Å². The fourth-order valence-electron chi connectivity index (χ4n) is 1.08. The predicted octanol–water partition coefficient (Wildman–Crippen LogP) is 1.04. The smallest absolute Gasteiger partial charge is 0.319 e. The van der Waals surface area contributed by atoms with Gasteiger partial charge in [-0.05, 0) is 7.05 Å². The number of H-pyrrole nitrogens is 1. The standard InChI is InChI=1S/C8H12F3N5O.ClH/c1-4(3-12-2)5(17)13-7-14-6(15-16-7)8(9,10)11;/h4,12H,3H2,1-2H3,(H2,13,14,15,16,17);1H. The highest BCUT2D eigenvalue weighted by molar-refractivity contribution is 5.90. The molecule has 0 aromatic carbocycles. The van der Waals surface area contributed by atoms with Crippen molar-refractivity contribution in [3.63, 3.8) is 0 Å². The largest absolute Gasteiger partial charge is 0.451 e. The highest BCUT2D eigenvalue weighted by atomic mass is 35.5. The average molecular weight is 288 g/mol. The molecule has 0 aliphatic rings. The zero-order valence-electron chi connectivity index (χ0n) is 9.63. The summed E-state index contributed by atoms with van der Waals surface area (Å²) in [6, 6.07) is 0. The summed E-state index contributed by atoms with van der Waals surface area (Å²) in [5.41, 5.74) is 0. The third kappa shape index (κ3) is 4.49. The van der Waals surface area contributed by atoms with Crippen molar-refractivity contribution in [2.45, 2.75) is 13.1 Å². The Bertz CT molecular complexity index is 394. The number of aromatic amines is 1. The first-order valence-electron chi connectivity index (χ1n) is 4.79. The second-order valence-corrected chi connectivity index (χ2v) is 3.45. The van der Waals surface area contributed by atoms with Gasteiger partial charge in [0.1, 0.15) is 0 Å². The van der Waals surface area contributed by atoms with Crippen molar-refractivity contribution in [1.82, 2.24) is 20.5 Å². The molecule has 18 heavy (non-hydrogen) atoms. The molecule has 0 saturated carbocycles. The van der Waals surface area contributed by atoms with Crippen LogP contribution in [0.1, 0.15) is 12.7 Å². The molecule has 1 heterocycles. The first kappa shape index (κ1) is 16.6. The number of rotatable bonds is 4. The summed E-state index contributed by atoms with van der Waals surface area (Å²) in [5, 5.41) is 9.92. The SMILES string of the molecule is CNCC(C)C(=O)Nc1n[nH]c(C(F)(F)F)n1.Cl. The van der Waals surface area contributed by atoms with Crippen LogP contribution in [0.4, 0.5) is 19.1 Å². The van der Waals surface area contributed by atoms with Gasteiger partial charge in [0.05, 0.1) is 0 Å². The Balaban J connectivity index is 0.00000289. The van der Waals surface area contributed by atoms with Gasteiger partial charge in [-0.25, -0.2) is 0 Å². The summed E-state index contributed by atoms with van der Waals surface area (Å²) in [6.07, 6.45) is -4.60. The number of carbonyl (C=O) groups excluding carboxylic acids is 1. The van der Waals surface area contributed by atoms with Gasteiger partial charge >= 0.3 is 6.18 Å². The number of hydrogen-bond donors (Lipinski definition) is 3. The van der Waals surface area contributed by atoms with Crippen LogP contribution >= 0.6 is 12.4 Å². The number of amides is 1. The zero-order chi connectivity index (χ0) is 13.1. The number of halogens is 4. The van der Waals surface area contributed by atoms with Crippen molar-refractivity contribution in [3.05, 3.63) is 5.82 Å². The van der Waals surface area contributed by atoms with Gasteiger partial charge in [0.25, 0.3) is 0 Å². The number of nitrogens with zero attached hydrogens (tertiary/aromatic N) is 2. The van der Waals surface area contributed by atoms with E-state index in [2.05, 4.69) is 20.7 Å². The third-order valence-corrected chi connectivity index (χ3v) is 1.95. The molecule has 1 aromatic rings. The fraction of sp³-hybridized carbons (Fsp3) is 0.625. The Morgan fingerprint density at radius 1 is 1.50 bits per heavy atom. The van der Waals surface area contributed by atoms with Crippen LogP contribution in [-0.4, -0.2) is 34.7 Å². The maximum atomic E-state index is 12.2. The minimum Gasteiger partial charge on any atom is -0.319 e.